The van der Waals surface area contributed by atoms with Gasteiger partial charge >= 0.3 is 5.69 Å². The van der Waals surface area contributed by atoms with E-state index >= 15 is 0 Å². The molecule has 0 amide bonds. The SMILES string of the molecule is C=C(C)C[C@@H](c1cc(OC)c(O)c([N+](=O)[O-])c1)N1CCNCC1.Cl.Cl. The smallest absolute Gasteiger partial charge is 0.314 e. The van der Waals surface area contributed by atoms with Crippen molar-refractivity contribution in [2.24, 2.45) is 0 Å². The maximum absolute atomic E-state index is 11.2. The van der Waals surface area contributed by atoms with Gasteiger partial charge in [0.1, 0.15) is 0 Å². The summed E-state index contributed by atoms with van der Waals surface area (Å²) in [6.45, 7) is 9.39. The number of benzene rings is 1. The largest absolute Gasteiger partial charge is 0.500 e. The lowest BCUT2D eigenvalue weighted by molar-refractivity contribution is -0.386. The van der Waals surface area contributed by atoms with Gasteiger partial charge in [0, 0.05) is 38.3 Å². The fraction of sp³-hybridized carbons (Fsp3) is 0.500. The molecule has 1 heterocycles. The van der Waals surface area contributed by atoms with Crippen LogP contribution in [0.4, 0.5) is 5.69 Å². The molecule has 1 aliphatic rings. The van der Waals surface area contributed by atoms with Gasteiger partial charge in [-0.2, -0.15) is 0 Å². The van der Waals surface area contributed by atoms with Crippen molar-refractivity contribution in [1.29, 1.82) is 0 Å². The molecule has 1 fully saturated rings. The Balaban J connectivity index is 0.00000288. The number of nitrogens with one attached hydrogen (secondary N) is 1. The average molecular weight is 394 g/mol. The third-order valence-corrected chi connectivity index (χ3v) is 4.01. The third kappa shape index (κ3) is 5.74. The van der Waals surface area contributed by atoms with Gasteiger partial charge in [-0.05, 0) is 25.0 Å². The lowest BCUT2D eigenvalue weighted by Crippen LogP contribution is -2.45. The first-order valence-electron chi connectivity index (χ1n) is 7.58. The minimum Gasteiger partial charge on any atom is -0.500 e. The van der Waals surface area contributed by atoms with Crippen molar-refractivity contribution < 1.29 is 14.8 Å². The highest BCUT2D eigenvalue weighted by molar-refractivity contribution is 5.85. The molecular formula is C16H25Cl2N3O4. The standard InChI is InChI=1S/C16H23N3O4.2ClH/c1-11(2)8-13(18-6-4-17-5-7-18)12-9-14(19(21)22)16(20)15(10-12)23-3;;/h9-10,13,17,20H,1,4-8H2,2-3H3;2*1H/t13-;;/m0../s1. The Morgan fingerprint density at radius 2 is 2.04 bits per heavy atom. The Morgan fingerprint density at radius 3 is 2.52 bits per heavy atom. The minimum absolute atomic E-state index is 0. The molecular weight excluding hydrogens is 369 g/mol. The summed E-state index contributed by atoms with van der Waals surface area (Å²) in [6.07, 6.45) is 0.699. The van der Waals surface area contributed by atoms with E-state index in [1.165, 1.54) is 13.2 Å². The number of hydrogen-bond donors (Lipinski definition) is 2. The van der Waals surface area contributed by atoms with Gasteiger partial charge in [-0.25, -0.2) is 0 Å². The predicted octanol–water partition coefficient (Wildman–Crippen LogP) is 3.07. The number of piperazine rings is 1. The number of halogens is 2. The Morgan fingerprint density at radius 1 is 1.44 bits per heavy atom. The second-order valence-corrected chi connectivity index (χ2v) is 5.81. The van der Waals surface area contributed by atoms with Crippen LogP contribution in [0.25, 0.3) is 0 Å². The molecule has 2 N–H and O–H groups in total. The van der Waals surface area contributed by atoms with E-state index in [9.17, 15) is 15.2 Å². The molecule has 7 nitrogen and oxygen atoms in total. The molecule has 1 aliphatic heterocycles. The number of phenolic OH excluding ortho intramolecular Hbond substituents is 1. The topological polar surface area (TPSA) is 87.9 Å². The van der Waals surface area contributed by atoms with Crippen LogP contribution in [0.3, 0.4) is 0 Å². The maximum atomic E-state index is 11.2. The van der Waals surface area contributed by atoms with E-state index < -0.39 is 10.7 Å². The Bertz CT molecular complexity index is 607. The monoisotopic (exact) mass is 393 g/mol. The number of methoxy groups -OCH3 is 1. The highest BCUT2D eigenvalue weighted by Crippen LogP contribution is 2.40. The van der Waals surface area contributed by atoms with Crippen molar-refractivity contribution in [2.45, 2.75) is 19.4 Å². The second kappa shape index (κ2) is 10.5. The van der Waals surface area contributed by atoms with Crippen LogP contribution < -0.4 is 10.1 Å². The molecule has 0 radical (unpaired) electrons. The molecule has 0 aliphatic carbocycles. The zero-order valence-electron chi connectivity index (χ0n) is 14.4. The quantitative estimate of drug-likeness (QED) is 0.438. The summed E-state index contributed by atoms with van der Waals surface area (Å²) in [7, 11) is 1.39. The lowest BCUT2D eigenvalue weighted by atomic mass is 9.97. The van der Waals surface area contributed by atoms with Gasteiger partial charge in [-0.15, -0.1) is 31.4 Å². The molecule has 1 aromatic rings. The zero-order valence-corrected chi connectivity index (χ0v) is 16.0. The van der Waals surface area contributed by atoms with E-state index in [0.717, 1.165) is 37.3 Å². The van der Waals surface area contributed by atoms with Gasteiger partial charge in [0.25, 0.3) is 0 Å². The van der Waals surface area contributed by atoms with Crippen LogP contribution in [-0.2, 0) is 0 Å². The summed E-state index contributed by atoms with van der Waals surface area (Å²) in [6, 6.07) is 3.09. The lowest BCUT2D eigenvalue weighted by Gasteiger charge is -2.35. The van der Waals surface area contributed by atoms with Crippen LogP contribution in [0.15, 0.2) is 24.3 Å². The summed E-state index contributed by atoms with van der Waals surface area (Å²) >= 11 is 0. The van der Waals surface area contributed by atoms with Crippen LogP contribution in [0.1, 0.15) is 24.9 Å². The molecule has 2 rings (SSSR count). The summed E-state index contributed by atoms with van der Waals surface area (Å²) in [5.74, 6) is -0.313. The molecule has 25 heavy (non-hydrogen) atoms. The molecule has 142 valence electrons. The summed E-state index contributed by atoms with van der Waals surface area (Å²) in [4.78, 5) is 12.9. The summed E-state index contributed by atoms with van der Waals surface area (Å²) < 4.78 is 5.11. The van der Waals surface area contributed by atoms with Crippen molar-refractivity contribution in [3.63, 3.8) is 0 Å². The van der Waals surface area contributed by atoms with Gasteiger partial charge in [-0.3, -0.25) is 15.0 Å². The second-order valence-electron chi connectivity index (χ2n) is 5.81. The maximum Gasteiger partial charge on any atom is 0.314 e. The van der Waals surface area contributed by atoms with Crippen LogP contribution >= 0.6 is 24.8 Å². The van der Waals surface area contributed by atoms with Gasteiger partial charge in [0.05, 0.1) is 12.0 Å². The first kappa shape index (κ1) is 23.5. The number of rotatable bonds is 6. The van der Waals surface area contributed by atoms with Gasteiger partial charge < -0.3 is 15.2 Å². The fourth-order valence-corrected chi connectivity index (χ4v) is 2.88. The summed E-state index contributed by atoms with van der Waals surface area (Å²) in [5, 5.41) is 24.5. The van der Waals surface area contributed by atoms with Gasteiger partial charge in [0.15, 0.2) is 5.75 Å². The van der Waals surface area contributed by atoms with E-state index in [-0.39, 0.29) is 42.3 Å². The number of phenols is 1. The number of nitrogens with zero attached hydrogens (tertiary/aromatic N) is 2. The van der Waals surface area contributed by atoms with E-state index in [2.05, 4.69) is 16.8 Å². The number of nitro benzene ring substituents is 1. The normalized spacial score (nSPS) is 15.4. The van der Waals surface area contributed by atoms with Crippen LogP contribution in [0.5, 0.6) is 11.5 Å². The van der Waals surface area contributed by atoms with Gasteiger partial charge in [-0.1, -0.05) is 5.57 Å². The molecule has 9 heteroatoms. The molecule has 0 unspecified atom stereocenters. The number of aromatic hydroxyl groups is 1. The Kier molecular flexibility index (Phi) is 9.81. The Labute approximate surface area is 160 Å². The first-order chi connectivity index (χ1) is 10.9. The molecule has 0 aromatic heterocycles. The van der Waals surface area contributed by atoms with E-state index in [4.69, 9.17) is 4.74 Å². The van der Waals surface area contributed by atoms with Gasteiger partial charge in [0.2, 0.25) is 5.75 Å². The van der Waals surface area contributed by atoms with Crippen LogP contribution in [-0.4, -0.2) is 48.2 Å². The van der Waals surface area contributed by atoms with Crippen molar-refractivity contribution in [3.05, 3.63) is 40.0 Å². The van der Waals surface area contributed by atoms with Crippen molar-refractivity contribution in [1.82, 2.24) is 10.2 Å². The van der Waals surface area contributed by atoms with E-state index in [1.54, 1.807) is 6.07 Å². The fourth-order valence-electron chi connectivity index (χ4n) is 2.88. The molecule has 1 saturated heterocycles. The summed E-state index contributed by atoms with van der Waals surface area (Å²) in [5.41, 5.74) is 1.43. The Hall–Kier alpha value is -1.54. The highest BCUT2D eigenvalue weighted by Gasteiger charge is 2.27. The third-order valence-electron chi connectivity index (χ3n) is 4.01. The van der Waals surface area contributed by atoms with E-state index in [0.29, 0.717) is 6.42 Å². The minimum atomic E-state index is -0.586. The highest BCUT2D eigenvalue weighted by atomic mass is 35.5. The molecule has 0 saturated carbocycles. The van der Waals surface area contributed by atoms with Crippen molar-refractivity contribution >= 4 is 30.5 Å². The molecule has 1 atom stereocenters. The predicted molar refractivity (Wildman–Crippen MR) is 102 cm³/mol. The molecule has 0 spiro atoms. The van der Waals surface area contributed by atoms with E-state index in [1.807, 2.05) is 6.92 Å². The molecule has 1 aromatic carbocycles. The van der Waals surface area contributed by atoms with Crippen LogP contribution in [0.2, 0.25) is 0 Å². The van der Waals surface area contributed by atoms with Crippen LogP contribution in [0, 0.1) is 10.1 Å². The number of ether oxygens (including phenoxy) is 1. The van der Waals surface area contributed by atoms with Crippen molar-refractivity contribution in [3.8, 4) is 11.5 Å². The molecule has 0 bridgehead atoms. The van der Waals surface area contributed by atoms with Crippen molar-refractivity contribution in [2.75, 3.05) is 33.3 Å². The first-order valence-corrected chi connectivity index (χ1v) is 7.58. The zero-order chi connectivity index (χ0) is 17.0. The average Bonchev–Trinajstić information content (AvgIpc) is 2.53. The number of nitro groups is 1. The number of hydrogen-bond acceptors (Lipinski definition) is 6.